The molecule has 0 fully saturated rings. The molecule has 0 aromatic heterocycles. The molecule has 0 saturated heterocycles. The maximum absolute atomic E-state index is 12.6. The molecule has 3 amide bonds. The van der Waals surface area contributed by atoms with Gasteiger partial charge in [0.1, 0.15) is 18.1 Å². The molecule has 0 aliphatic carbocycles. The van der Waals surface area contributed by atoms with Crippen molar-refractivity contribution in [2.45, 2.75) is 50.9 Å². The van der Waals surface area contributed by atoms with Gasteiger partial charge < -0.3 is 31.9 Å². The fraction of sp³-hybridized carbons (Fsp3) is 0.706. The van der Waals surface area contributed by atoms with Crippen molar-refractivity contribution < 1.29 is 34.2 Å². The Morgan fingerprint density at radius 3 is 1.97 bits per heavy atom. The van der Waals surface area contributed by atoms with Crippen LogP contribution >= 0.6 is 24.4 Å². The lowest BCUT2D eigenvalue weighted by Crippen LogP contribution is -2.59. The Hall–Kier alpha value is -1.99. The highest BCUT2D eigenvalue weighted by Gasteiger charge is 2.31. The second-order valence-corrected chi connectivity index (χ2v) is 8.21. The van der Waals surface area contributed by atoms with E-state index in [0.29, 0.717) is 5.75 Å². The zero-order valence-electron chi connectivity index (χ0n) is 17.1. The number of nitrogens with one attached hydrogen (secondary N) is 3. The van der Waals surface area contributed by atoms with E-state index in [4.69, 9.17) is 10.8 Å². The molecule has 0 bridgehead atoms. The van der Waals surface area contributed by atoms with Crippen LogP contribution in [0.4, 0.5) is 0 Å². The normalized spacial score (nSPS) is 14.9. The number of carbonyl (C=O) groups is 5. The van der Waals surface area contributed by atoms with E-state index in [2.05, 4.69) is 28.6 Å². The minimum Gasteiger partial charge on any atom is -0.481 e. The van der Waals surface area contributed by atoms with E-state index in [0.717, 1.165) is 0 Å². The summed E-state index contributed by atoms with van der Waals surface area (Å²) in [6, 6.07) is -4.67. The van der Waals surface area contributed by atoms with Gasteiger partial charge in [0.25, 0.3) is 0 Å². The van der Waals surface area contributed by atoms with E-state index in [1.165, 1.54) is 11.8 Å². The van der Waals surface area contributed by atoms with Gasteiger partial charge in [0, 0.05) is 5.75 Å². The zero-order chi connectivity index (χ0) is 23.4. The number of carbonyl (C=O) groups excluding carboxylic acids is 3. The monoisotopic (exact) mass is 466 g/mol. The highest BCUT2D eigenvalue weighted by atomic mass is 32.2. The Balaban J connectivity index is 5.13. The molecular formula is C17H30N4O7S2. The molecular weight excluding hydrogens is 436 g/mol. The molecule has 172 valence electrons. The van der Waals surface area contributed by atoms with Crippen LogP contribution in [-0.2, 0) is 24.0 Å². The molecule has 0 saturated carbocycles. The van der Waals surface area contributed by atoms with Crippen LogP contribution in [-0.4, -0.2) is 81.8 Å². The van der Waals surface area contributed by atoms with Crippen molar-refractivity contribution in [1.29, 1.82) is 0 Å². The smallest absolute Gasteiger partial charge is 0.326 e. The number of amides is 3. The second kappa shape index (κ2) is 14.1. The Labute approximate surface area is 184 Å². The molecule has 0 aliphatic heterocycles. The topological polar surface area (TPSA) is 188 Å². The largest absolute Gasteiger partial charge is 0.481 e. The lowest BCUT2D eigenvalue weighted by molar-refractivity contribution is -0.142. The molecule has 0 aromatic carbocycles. The Morgan fingerprint density at radius 2 is 1.53 bits per heavy atom. The number of thioether (sulfide) groups is 1. The molecule has 0 spiro atoms. The van der Waals surface area contributed by atoms with Gasteiger partial charge in [-0.1, -0.05) is 13.8 Å². The van der Waals surface area contributed by atoms with Gasteiger partial charge in [-0.3, -0.25) is 19.2 Å². The van der Waals surface area contributed by atoms with Gasteiger partial charge in [-0.15, -0.1) is 0 Å². The van der Waals surface area contributed by atoms with E-state index in [9.17, 15) is 29.1 Å². The van der Waals surface area contributed by atoms with Crippen LogP contribution in [0.25, 0.3) is 0 Å². The van der Waals surface area contributed by atoms with Gasteiger partial charge in [-0.2, -0.15) is 24.4 Å². The molecule has 0 rings (SSSR count). The van der Waals surface area contributed by atoms with Crippen molar-refractivity contribution in [3.8, 4) is 0 Å². The summed E-state index contributed by atoms with van der Waals surface area (Å²) >= 11 is 5.47. The predicted molar refractivity (Wildman–Crippen MR) is 115 cm³/mol. The molecule has 7 N–H and O–H groups in total. The summed E-state index contributed by atoms with van der Waals surface area (Å²) in [7, 11) is 0. The predicted octanol–water partition coefficient (Wildman–Crippen LogP) is -1.33. The number of carboxylic acids is 2. The van der Waals surface area contributed by atoms with Gasteiger partial charge in [-0.25, -0.2) is 4.79 Å². The van der Waals surface area contributed by atoms with Gasteiger partial charge in [0.15, 0.2) is 0 Å². The summed E-state index contributed by atoms with van der Waals surface area (Å²) in [5.41, 5.74) is 5.51. The molecule has 0 aromatic rings. The van der Waals surface area contributed by atoms with E-state index in [-0.39, 0.29) is 12.2 Å². The number of hydrogen-bond donors (Lipinski definition) is 7. The first-order valence-electron chi connectivity index (χ1n) is 9.15. The molecule has 4 unspecified atom stereocenters. The average Bonchev–Trinajstić information content (AvgIpc) is 2.65. The maximum atomic E-state index is 12.6. The third-order valence-electron chi connectivity index (χ3n) is 4.02. The van der Waals surface area contributed by atoms with Crippen molar-refractivity contribution in [3.05, 3.63) is 0 Å². The van der Waals surface area contributed by atoms with Crippen molar-refractivity contribution >= 4 is 54.1 Å². The van der Waals surface area contributed by atoms with Gasteiger partial charge in [0.05, 0.1) is 12.5 Å². The molecule has 0 radical (unpaired) electrons. The molecule has 0 aliphatic rings. The van der Waals surface area contributed by atoms with Gasteiger partial charge in [-0.05, 0) is 24.3 Å². The second-order valence-electron chi connectivity index (χ2n) is 6.86. The van der Waals surface area contributed by atoms with Crippen LogP contribution in [0.15, 0.2) is 0 Å². The quantitative estimate of drug-likeness (QED) is 0.152. The van der Waals surface area contributed by atoms with Crippen LogP contribution in [0.5, 0.6) is 0 Å². The minimum atomic E-state index is -1.34. The SMILES string of the molecule is CSCCC(NC(=O)C(CS)NC(=O)C(NC(=O)C(N)CC(=O)O)C(C)C)C(=O)O. The van der Waals surface area contributed by atoms with Crippen molar-refractivity contribution in [2.75, 3.05) is 17.8 Å². The number of hydrogen-bond acceptors (Lipinski definition) is 8. The van der Waals surface area contributed by atoms with Gasteiger partial charge in [0.2, 0.25) is 17.7 Å². The zero-order valence-corrected chi connectivity index (χ0v) is 18.8. The number of thiol groups is 1. The Morgan fingerprint density at radius 1 is 0.967 bits per heavy atom. The first kappa shape index (κ1) is 28.0. The van der Waals surface area contributed by atoms with Crippen LogP contribution in [0, 0.1) is 5.92 Å². The number of carboxylic acid groups (broad SMARTS) is 2. The molecule has 13 heteroatoms. The van der Waals surface area contributed by atoms with E-state index in [1.54, 1.807) is 20.1 Å². The third-order valence-corrected chi connectivity index (χ3v) is 5.03. The van der Waals surface area contributed by atoms with Crippen LogP contribution in [0.2, 0.25) is 0 Å². The fourth-order valence-electron chi connectivity index (χ4n) is 2.30. The highest BCUT2D eigenvalue weighted by molar-refractivity contribution is 7.98. The average molecular weight is 467 g/mol. The summed E-state index contributed by atoms with van der Waals surface area (Å²) in [5, 5.41) is 25.1. The minimum absolute atomic E-state index is 0.107. The summed E-state index contributed by atoms with van der Waals surface area (Å²) in [6.07, 6.45) is 1.41. The fourth-order valence-corrected chi connectivity index (χ4v) is 3.03. The van der Waals surface area contributed by atoms with E-state index in [1.807, 2.05) is 0 Å². The number of aliphatic carboxylic acids is 2. The summed E-state index contributed by atoms with van der Waals surface area (Å²) in [4.78, 5) is 59.1. The first-order chi connectivity index (χ1) is 13.9. The van der Waals surface area contributed by atoms with Crippen molar-refractivity contribution in [1.82, 2.24) is 16.0 Å². The van der Waals surface area contributed by atoms with E-state index >= 15 is 0 Å². The summed E-state index contributed by atoms with van der Waals surface area (Å²) < 4.78 is 0. The highest BCUT2D eigenvalue weighted by Crippen LogP contribution is 2.06. The van der Waals surface area contributed by atoms with Crippen molar-refractivity contribution in [3.63, 3.8) is 0 Å². The van der Waals surface area contributed by atoms with Crippen LogP contribution in [0.1, 0.15) is 26.7 Å². The Kier molecular flexibility index (Phi) is 13.2. The summed E-state index contributed by atoms with van der Waals surface area (Å²) in [5.74, 6) is -4.68. The number of rotatable bonds is 14. The lowest BCUT2D eigenvalue weighted by atomic mass is 10.0. The lowest BCUT2D eigenvalue weighted by Gasteiger charge is -2.26. The maximum Gasteiger partial charge on any atom is 0.326 e. The summed E-state index contributed by atoms with van der Waals surface area (Å²) in [6.45, 7) is 3.29. The van der Waals surface area contributed by atoms with E-state index < -0.39 is 66.2 Å². The number of nitrogens with two attached hydrogens (primary N) is 1. The molecule has 4 atom stereocenters. The molecule has 0 heterocycles. The third kappa shape index (κ3) is 10.2. The standard InChI is InChI=1S/C17H30N4O7S2/c1-8(2)13(21-14(24)9(18)6-12(22)23)16(26)20-11(7-29)15(25)19-10(17(27)28)4-5-30-3/h8-11,13,29H,4-7,18H2,1-3H3,(H,19,25)(H,20,26)(H,21,24)(H,22,23)(H,27,28). The Bertz CT molecular complexity index is 633. The van der Waals surface area contributed by atoms with Crippen LogP contribution in [0.3, 0.4) is 0 Å². The molecule has 11 nitrogen and oxygen atoms in total. The van der Waals surface area contributed by atoms with Crippen molar-refractivity contribution in [2.24, 2.45) is 11.7 Å². The van der Waals surface area contributed by atoms with Crippen LogP contribution < -0.4 is 21.7 Å². The molecule has 30 heavy (non-hydrogen) atoms. The van der Waals surface area contributed by atoms with Gasteiger partial charge >= 0.3 is 11.9 Å². The first-order valence-corrected chi connectivity index (χ1v) is 11.2.